The van der Waals surface area contributed by atoms with Crippen molar-refractivity contribution in [1.82, 2.24) is 9.71 Å². The van der Waals surface area contributed by atoms with Crippen molar-refractivity contribution in [3.63, 3.8) is 0 Å². The van der Waals surface area contributed by atoms with Gasteiger partial charge in [-0.3, -0.25) is 4.79 Å². The highest BCUT2D eigenvalue weighted by molar-refractivity contribution is 7.89. The normalized spacial score (nSPS) is 18.7. The van der Waals surface area contributed by atoms with Crippen molar-refractivity contribution in [3.05, 3.63) is 28.7 Å². The molecule has 1 aromatic rings. The lowest BCUT2D eigenvalue weighted by molar-refractivity contribution is 0.557. The predicted molar refractivity (Wildman–Crippen MR) is 55.0 cm³/mol. The quantitative estimate of drug-likeness (QED) is 0.776. The summed E-state index contributed by atoms with van der Waals surface area (Å²) >= 11 is 0. The van der Waals surface area contributed by atoms with Crippen LogP contribution < -0.4 is 10.2 Å². The summed E-state index contributed by atoms with van der Waals surface area (Å²) in [5, 5.41) is 0. The third-order valence-electron chi connectivity index (χ3n) is 2.46. The van der Waals surface area contributed by atoms with Crippen LogP contribution in [0.3, 0.4) is 0 Å². The van der Waals surface area contributed by atoms with Crippen molar-refractivity contribution in [2.24, 2.45) is 0 Å². The number of rotatable bonds is 3. The maximum absolute atomic E-state index is 11.8. The summed E-state index contributed by atoms with van der Waals surface area (Å²) < 4.78 is 26.1. The Hall–Kier alpha value is -1.14. The molecular formula is C9H12N2O3S. The van der Waals surface area contributed by atoms with Crippen LogP contribution in [0, 0.1) is 0 Å². The van der Waals surface area contributed by atoms with Gasteiger partial charge in [0.2, 0.25) is 15.5 Å². The Balaban J connectivity index is 2.38. The van der Waals surface area contributed by atoms with Gasteiger partial charge in [-0.2, -0.15) is 0 Å². The number of pyridine rings is 1. The second-order valence-electron chi connectivity index (χ2n) is 4.04. The van der Waals surface area contributed by atoms with Gasteiger partial charge in [-0.25, -0.2) is 13.1 Å². The van der Waals surface area contributed by atoms with Crippen LogP contribution in [0.25, 0.3) is 0 Å². The number of H-pyrrole nitrogens is 1. The minimum atomic E-state index is -3.68. The van der Waals surface area contributed by atoms with Gasteiger partial charge in [0.15, 0.2) is 0 Å². The fourth-order valence-corrected chi connectivity index (χ4v) is 2.80. The maximum atomic E-state index is 11.8. The topological polar surface area (TPSA) is 79.0 Å². The van der Waals surface area contributed by atoms with Gasteiger partial charge in [0, 0.05) is 24.0 Å². The summed E-state index contributed by atoms with van der Waals surface area (Å²) in [4.78, 5) is 13.7. The van der Waals surface area contributed by atoms with Gasteiger partial charge in [-0.15, -0.1) is 0 Å². The third kappa shape index (κ3) is 2.10. The summed E-state index contributed by atoms with van der Waals surface area (Å²) in [5.41, 5.74) is -0.855. The lowest BCUT2D eigenvalue weighted by atomic mass is 10.4. The molecule has 0 aliphatic heterocycles. The first kappa shape index (κ1) is 10.4. The Labute approximate surface area is 87.6 Å². The molecule has 0 saturated heterocycles. The van der Waals surface area contributed by atoms with E-state index in [9.17, 15) is 13.2 Å². The van der Waals surface area contributed by atoms with E-state index in [1.165, 1.54) is 18.5 Å². The lowest BCUT2D eigenvalue weighted by Crippen LogP contribution is -2.36. The average molecular weight is 228 g/mol. The highest BCUT2D eigenvalue weighted by Gasteiger charge is 2.41. The zero-order valence-corrected chi connectivity index (χ0v) is 9.10. The molecule has 0 atom stereocenters. The van der Waals surface area contributed by atoms with Crippen molar-refractivity contribution >= 4 is 10.0 Å². The Morgan fingerprint density at radius 1 is 1.47 bits per heavy atom. The highest BCUT2D eigenvalue weighted by atomic mass is 32.2. The summed E-state index contributed by atoms with van der Waals surface area (Å²) in [6.45, 7) is 1.82. The summed E-state index contributed by atoms with van der Waals surface area (Å²) in [7, 11) is -3.68. The van der Waals surface area contributed by atoms with Gasteiger partial charge in [0.05, 0.1) is 0 Å². The zero-order chi connectivity index (χ0) is 11.1. The molecule has 1 aliphatic carbocycles. The molecule has 82 valence electrons. The molecule has 2 rings (SSSR count). The van der Waals surface area contributed by atoms with Crippen LogP contribution >= 0.6 is 0 Å². The molecule has 2 N–H and O–H groups in total. The van der Waals surface area contributed by atoms with E-state index in [4.69, 9.17) is 0 Å². The highest BCUT2D eigenvalue weighted by Crippen LogP contribution is 2.35. The van der Waals surface area contributed by atoms with E-state index in [1.54, 1.807) is 0 Å². The van der Waals surface area contributed by atoms with E-state index in [-0.39, 0.29) is 10.4 Å². The van der Waals surface area contributed by atoms with Crippen LogP contribution in [0.15, 0.2) is 28.2 Å². The Morgan fingerprint density at radius 2 is 2.13 bits per heavy atom. The van der Waals surface area contributed by atoms with Crippen LogP contribution in [0.4, 0.5) is 0 Å². The van der Waals surface area contributed by atoms with E-state index >= 15 is 0 Å². The number of nitrogens with one attached hydrogen (secondary N) is 2. The van der Waals surface area contributed by atoms with E-state index in [2.05, 4.69) is 9.71 Å². The molecule has 0 unspecified atom stereocenters. The zero-order valence-electron chi connectivity index (χ0n) is 8.28. The molecule has 1 heterocycles. The molecule has 1 fully saturated rings. The second-order valence-corrected chi connectivity index (χ2v) is 5.69. The molecule has 15 heavy (non-hydrogen) atoms. The largest absolute Gasteiger partial charge is 0.366 e. The van der Waals surface area contributed by atoms with Crippen molar-refractivity contribution in [1.29, 1.82) is 0 Å². The lowest BCUT2D eigenvalue weighted by Gasteiger charge is -2.10. The number of sulfonamides is 1. The van der Waals surface area contributed by atoms with Crippen LogP contribution in [0.1, 0.15) is 19.8 Å². The minimum Gasteiger partial charge on any atom is -0.366 e. The molecule has 1 aromatic heterocycles. The maximum Gasteiger partial charge on any atom is 0.246 e. The standard InChI is InChI=1S/C9H12N2O3S/c1-9(3-4-9)11-15(13,14)8-6-10-5-2-7(8)12/h2,5-6,11H,3-4H2,1H3,(H,10,12). The molecule has 0 radical (unpaired) electrons. The van der Waals surface area contributed by atoms with Crippen LogP contribution in [-0.4, -0.2) is 18.9 Å². The van der Waals surface area contributed by atoms with Crippen molar-refractivity contribution < 1.29 is 8.42 Å². The first-order chi connectivity index (χ1) is 6.93. The predicted octanol–water partition coefficient (Wildman–Crippen LogP) is 0.206. The molecular weight excluding hydrogens is 216 g/mol. The molecule has 6 heteroatoms. The molecule has 0 spiro atoms. The van der Waals surface area contributed by atoms with Crippen LogP contribution in [0.2, 0.25) is 0 Å². The van der Waals surface area contributed by atoms with E-state index in [1.807, 2.05) is 6.92 Å². The molecule has 5 nitrogen and oxygen atoms in total. The number of aromatic amines is 1. The molecule has 1 saturated carbocycles. The van der Waals surface area contributed by atoms with E-state index in [0.717, 1.165) is 12.8 Å². The summed E-state index contributed by atoms with van der Waals surface area (Å²) in [6, 6.07) is 1.20. The molecule has 1 aliphatic rings. The Bertz CT molecular complexity index is 528. The van der Waals surface area contributed by atoms with Crippen molar-refractivity contribution in [3.8, 4) is 0 Å². The van der Waals surface area contributed by atoms with Gasteiger partial charge in [0.1, 0.15) is 4.90 Å². The first-order valence-electron chi connectivity index (χ1n) is 4.64. The van der Waals surface area contributed by atoms with Gasteiger partial charge >= 0.3 is 0 Å². The summed E-state index contributed by atoms with van der Waals surface area (Å²) in [5.74, 6) is 0. The fourth-order valence-electron chi connectivity index (χ4n) is 1.28. The summed E-state index contributed by atoms with van der Waals surface area (Å²) in [6.07, 6.45) is 4.24. The Morgan fingerprint density at radius 3 is 2.67 bits per heavy atom. The molecule has 0 bridgehead atoms. The average Bonchev–Trinajstić information content (AvgIpc) is 2.82. The number of aromatic nitrogens is 1. The van der Waals surface area contributed by atoms with Crippen molar-refractivity contribution in [2.45, 2.75) is 30.2 Å². The van der Waals surface area contributed by atoms with E-state index in [0.29, 0.717) is 0 Å². The Kier molecular flexibility index (Phi) is 2.20. The van der Waals surface area contributed by atoms with Gasteiger partial charge in [0.25, 0.3) is 0 Å². The van der Waals surface area contributed by atoms with Gasteiger partial charge in [-0.05, 0) is 19.8 Å². The third-order valence-corrected chi connectivity index (χ3v) is 4.12. The van der Waals surface area contributed by atoms with Crippen LogP contribution in [-0.2, 0) is 10.0 Å². The molecule has 0 amide bonds. The van der Waals surface area contributed by atoms with Gasteiger partial charge < -0.3 is 4.98 Å². The number of hydrogen-bond acceptors (Lipinski definition) is 3. The van der Waals surface area contributed by atoms with Crippen molar-refractivity contribution in [2.75, 3.05) is 0 Å². The monoisotopic (exact) mass is 228 g/mol. The minimum absolute atomic E-state index is 0.224. The van der Waals surface area contributed by atoms with Crippen LogP contribution in [0.5, 0.6) is 0 Å². The van der Waals surface area contributed by atoms with Gasteiger partial charge in [-0.1, -0.05) is 0 Å². The number of hydrogen-bond donors (Lipinski definition) is 2. The first-order valence-corrected chi connectivity index (χ1v) is 6.12. The van der Waals surface area contributed by atoms with E-state index < -0.39 is 15.5 Å². The SMILES string of the molecule is CC1(NS(=O)(=O)c2c[nH]ccc2=O)CC1. The molecule has 0 aromatic carbocycles. The smallest absolute Gasteiger partial charge is 0.246 e. The fraction of sp³-hybridized carbons (Fsp3) is 0.444. The second kappa shape index (κ2) is 3.18.